The molecule has 0 amide bonds. The first-order valence-corrected chi connectivity index (χ1v) is 9.66. The van der Waals surface area contributed by atoms with E-state index in [1.54, 1.807) is 25.3 Å². The van der Waals surface area contributed by atoms with E-state index in [9.17, 15) is 10.1 Å². The fraction of sp³-hybridized carbons (Fsp3) is 0.333. The second-order valence-corrected chi connectivity index (χ2v) is 6.99. The van der Waals surface area contributed by atoms with Crippen LogP contribution < -0.4 is 4.74 Å². The van der Waals surface area contributed by atoms with Crippen molar-refractivity contribution in [2.75, 3.05) is 26.9 Å². The molecule has 1 aromatic heterocycles. The number of aryl methyl sites for hydroxylation is 1. The van der Waals surface area contributed by atoms with Gasteiger partial charge in [-0.2, -0.15) is 5.26 Å². The molecule has 29 heavy (non-hydrogen) atoms. The number of halogens is 2. The number of rotatable bonds is 9. The zero-order chi connectivity index (χ0) is 21.4. The summed E-state index contributed by atoms with van der Waals surface area (Å²) in [5.74, 6) is -0.394. The Morgan fingerprint density at radius 2 is 1.90 bits per heavy atom. The SMILES string of the molecule is COCCn1c(C)cc(/C=C(\C#N)C(=O)OCCOc2c(Cl)cccc2Cl)c1C. The topological polar surface area (TPSA) is 73.5 Å². The van der Waals surface area contributed by atoms with Crippen LogP contribution in [0.2, 0.25) is 10.0 Å². The number of methoxy groups -OCH3 is 1. The molecule has 8 heteroatoms. The number of nitriles is 1. The van der Waals surface area contributed by atoms with E-state index in [1.807, 2.05) is 26.0 Å². The summed E-state index contributed by atoms with van der Waals surface area (Å²) >= 11 is 12.0. The van der Waals surface area contributed by atoms with Gasteiger partial charge in [0.25, 0.3) is 0 Å². The highest BCUT2D eigenvalue weighted by Crippen LogP contribution is 2.32. The summed E-state index contributed by atoms with van der Waals surface area (Å²) in [6.07, 6.45) is 1.53. The lowest BCUT2D eigenvalue weighted by Crippen LogP contribution is -2.13. The lowest BCUT2D eigenvalue weighted by Gasteiger charge is -2.10. The van der Waals surface area contributed by atoms with Crippen molar-refractivity contribution in [1.82, 2.24) is 4.57 Å². The van der Waals surface area contributed by atoms with Crippen molar-refractivity contribution in [3.05, 3.63) is 56.8 Å². The average molecular weight is 437 g/mol. The fourth-order valence-electron chi connectivity index (χ4n) is 2.77. The number of hydrogen-bond acceptors (Lipinski definition) is 5. The molecule has 0 aliphatic rings. The summed E-state index contributed by atoms with van der Waals surface area (Å²) < 4.78 is 17.8. The van der Waals surface area contributed by atoms with Gasteiger partial charge >= 0.3 is 5.97 Å². The Balaban J connectivity index is 1.99. The van der Waals surface area contributed by atoms with Crippen LogP contribution in [0.3, 0.4) is 0 Å². The van der Waals surface area contributed by atoms with E-state index in [1.165, 1.54) is 6.08 Å². The van der Waals surface area contributed by atoms with Crippen molar-refractivity contribution in [2.24, 2.45) is 0 Å². The Labute approximate surface area is 180 Å². The number of aromatic nitrogens is 1. The number of hydrogen-bond donors (Lipinski definition) is 0. The number of benzene rings is 1. The molecule has 154 valence electrons. The highest BCUT2D eigenvalue weighted by molar-refractivity contribution is 6.37. The van der Waals surface area contributed by atoms with Crippen LogP contribution in [-0.2, 0) is 20.8 Å². The van der Waals surface area contributed by atoms with Crippen LogP contribution in [0.1, 0.15) is 17.0 Å². The van der Waals surface area contributed by atoms with E-state index in [0.29, 0.717) is 28.9 Å². The summed E-state index contributed by atoms with van der Waals surface area (Å²) in [7, 11) is 1.64. The van der Waals surface area contributed by atoms with Crippen molar-refractivity contribution < 1.29 is 19.0 Å². The van der Waals surface area contributed by atoms with Crippen LogP contribution in [0.25, 0.3) is 6.08 Å². The van der Waals surface area contributed by atoms with Gasteiger partial charge in [0.15, 0.2) is 5.75 Å². The van der Waals surface area contributed by atoms with Gasteiger partial charge in [0.05, 0.1) is 16.7 Å². The third-order valence-electron chi connectivity index (χ3n) is 4.25. The molecule has 2 rings (SSSR count). The Morgan fingerprint density at radius 3 is 2.52 bits per heavy atom. The number of carbonyl (C=O) groups is 1. The number of nitrogens with zero attached hydrogens (tertiary/aromatic N) is 2. The standard InChI is InChI=1S/C21H22Cl2N2O4/c1-14-11-16(15(2)25(14)7-8-27-3)12-17(13-24)21(26)29-10-9-28-20-18(22)5-4-6-19(20)23/h4-6,11-12H,7-10H2,1-3H3/b17-12+. The van der Waals surface area contributed by atoms with Gasteiger partial charge < -0.3 is 18.8 Å². The van der Waals surface area contributed by atoms with Crippen molar-refractivity contribution in [2.45, 2.75) is 20.4 Å². The molecule has 0 bridgehead atoms. The lowest BCUT2D eigenvalue weighted by molar-refractivity contribution is -0.139. The van der Waals surface area contributed by atoms with Crippen molar-refractivity contribution in [3.63, 3.8) is 0 Å². The molecule has 0 aliphatic carbocycles. The monoisotopic (exact) mass is 436 g/mol. The highest BCUT2D eigenvalue weighted by atomic mass is 35.5. The van der Waals surface area contributed by atoms with Crippen LogP contribution in [0.5, 0.6) is 5.75 Å². The molecule has 0 N–H and O–H groups in total. The van der Waals surface area contributed by atoms with E-state index in [2.05, 4.69) is 4.57 Å². The van der Waals surface area contributed by atoms with Gasteiger partial charge in [-0.15, -0.1) is 0 Å². The van der Waals surface area contributed by atoms with Crippen molar-refractivity contribution in [3.8, 4) is 11.8 Å². The second kappa shape index (κ2) is 10.9. The molecule has 0 aliphatic heterocycles. The van der Waals surface area contributed by atoms with Gasteiger partial charge in [-0.05, 0) is 43.7 Å². The normalized spacial score (nSPS) is 11.2. The van der Waals surface area contributed by atoms with Crippen LogP contribution >= 0.6 is 23.2 Å². The van der Waals surface area contributed by atoms with Crippen LogP contribution in [-0.4, -0.2) is 37.5 Å². The van der Waals surface area contributed by atoms with Crippen LogP contribution in [0.15, 0.2) is 29.8 Å². The van der Waals surface area contributed by atoms with Gasteiger partial charge in [-0.25, -0.2) is 4.79 Å². The number of para-hydroxylation sites is 1. The summed E-state index contributed by atoms with van der Waals surface area (Å²) in [6.45, 7) is 5.15. The largest absolute Gasteiger partial charge is 0.487 e. The third kappa shape index (κ3) is 6.01. The summed E-state index contributed by atoms with van der Waals surface area (Å²) in [5, 5.41) is 10.1. The quantitative estimate of drug-likeness (QED) is 0.248. The molecule has 0 saturated heterocycles. The molecule has 0 unspecified atom stereocenters. The molecular weight excluding hydrogens is 415 g/mol. The predicted octanol–water partition coefficient (Wildman–Crippen LogP) is 4.59. The van der Waals surface area contributed by atoms with E-state index in [0.717, 1.165) is 17.0 Å². The van der Waals surface area contributed by atoms with Crippen LogP contribution in [0, 0.1) is 25.2 Å². The Morgan fingerprint density at radius 1 is 1.21 bits per heavy atom. The molecule has 1 heterocycles. The molecule has 0 saturated carbocycles. The molecule has 0 atom stereocenters. The first-order valence-electron chi connectivity index (χ1n) is 8.90. The van der Waals surface area contributed by atoms with Gasteiger partial charge in [0.1, 0.15) is 24.9 Å². The van der Waals surface area contributed by atoms with E-state index >= 15 is 0 Å². The zero-order valence-electron chi connectivity index (χ0n) is 16.5. The molecule has 0 radical (unpaired) electrons. The highest BCUT2D eigenvalue weighted by Gasteiger charge is 2.14. The average Bonchev–Trinajstić information content (AvgIpc) is 2.96. The van der Waals surface area contributed by atoms with Gasteiger partial charge in [0.2, 0.25) is 0 Å². The number of carbonyl (C=O) groups excluding carboxylic acids is 1. The van der Waals surface area contributed by atoms with Gasteiger partial charge in [-0.1, -0.05) is 29.3 Å². The van der Waals surface area contributed by atoms with Gasteiger partial charge in [0, 0.05) is 25.0 Å². The third-order valence-corrected chi connectivity index (χ3v) is 4.85. The van der Waals surface area contributed by atoms with E-state index < -0.39 is 5.97 Å². The second-order valence-electron chi connectivity index (χ2n) is 6.18. The zero-order valence-corrected chi connectivity index (χ0v) is 18.0. The first-order chi connectivity index (χ1) is 13.9. The van der Waals surface area contributed by atoms with Crippen molar-refractivity contribution >= 4 is 35.2 Å². The fourth-order valence-corrected chi connectivity index (χ4v) is 3.28. The lowest BCUT2D eigenvalue weighted by atomic mass is 10.1. The predicted molar refractivity (Wildman–Crippen MR) is 112 cm³/mol. The molecular formula is C21H22Cl2N2O4. The minimum Gasteiger partial charge on any atom is -0.487 e. The minimum absolute atomic E-state index is 0.0493. The number of esters is 1. The Kier molecular flexibility index (Phi) is 8.59. The molecule has 0 spiro atoms. The smallest absolute Gasteiger partial charge is 0.349 e. The summed E-state index contributed by atoms with van der Waals surface area (Å²) in [5.41, 5.74) is 2.65. The molecule has 2 aromatic rings. The van der Waals surface area contributed by atoms with E-state index in [-0.39, 0.29) is 18.8 Å². The number of ether oxygens (including phenoxy) is 3. The minimum atomic E-state index is -0.719. The molecule has 0 fully saturated rings. The molecule has 6 nitrogen and oxygen atoms in total. The maximum absolute atomic E-state index is 12.3. The van der Waals surface area contributed by atoms with Crippen LogP contribution in [0.4, 0.5) is 0 Å². The first kappa shape index (κ1) is 22.8. The Hall–Kier alpha value is -2.46. The summed E-state index contributed by atoms with van der Waals surface area (Å²) in [4.78, 5) is 12.3. The van der Waals surface area contributed by atoms with E-state index in [4.69, 9.17) is 37.4 Å². The maximum Gasteiger partial charge on any atom is 0.349 e. The van der Waals surface area contributed by atoms with Gasteiger partial charge in [-0.3, -0.25) is 0 Å². The Bertz CT molecular complexity index is 925. The summed E-state index contributed by atoms with van der Waals surface area (Å²) in [6, 6.07) is 8.81. The van der Waals surface area contributed by atoms with Crippen molar-refractivity contribution in [1.29, 1.82) is 5.26 Å². The molecule has 1 aromatic carbocycles. The maximum atomic E-state index is 12.3.